The topological polar surface area (TPSA) is 100 Å². The molecule has 1 aromatic carbocycles. The van der Waals surface area contributed by atoms with Crippen LogP contribution >= 0.6 is 0 Å². The quantitative estimate of drug-likeness (QED) is 0.621. The van der Waals surface area contributed by atoms with E-state index in [4.69, 9.17) is 0 Å². The van der Waals surface area contributed by atoms with E-state index in [1.165, 1.54) is 16.8 Å². The van der Waals surface area contributed by atoms with Crippen LogP contribution in [0.1, 0.15) is 22.5 Å². The summed E-state index contributed by atoms with van der Waals surface area (Å²) in [5.74, 6) is 0.449. The molecule has 0 spiro atoms. The normalized spacial score (nSPS) is 13.6. The Labute approximate surface area is 191 Å². The number of pyridine rings is 1. The Morgan fingerprint density at radius 3 is 2.42 bits per heavy atom. The molecule has 0 aliphatic carbocycles. The van der Waals surface area contributed by atoms with Crippen LogP contribution < -0.4 is 15.8 Å². The standard InChI is InChI=1S/C24H26N6O3/c1-18-5-7-19(8-6-18)26-24(33)20-9-10-23(32)30(27-20)13-11-22(31)29-16-14-28(15-17-29)21-4-2-3-12-25-21/h2-10,12H,11,13-17H2,1H3,(H,26,33). The summed E-state index contributed by atoms with van der Waals surface area (Å²) in [6, 6.07) is 15.9. The number of rotatable bonds is 6. The van der Waals surface area contributed by atoms with Crippen molar-refractivity contribution < 1.29 is 9.59 Å². The molecular formula is C24H26N6O3. The van der Waals surface area contributed by atoms with E-state index in [1.807, 2.05) is 37.3 Å². The van der Waals surface area contributed by atoms with Gasteiger partial charge in [-0.05, 0) is 37.3 Å². The third-order valence-corrected chi connectivity index (χ3v) is 5.55. The van der Waals surface area contributed by atoms with Crippen LogP contribution in [0.4, 0.5) is 11.5 Å². The van der Waals surface area contributed by atoms with Gasteiger partial charge in [0.1, 0.15) is 11.5 Å². The molecule has 3 heterocycles. The number of carbonyl (C=O) groups excluding carboxylic acids is 2. The second kappa shape index (κ2) is 10.1. The third-order valence-electron chi connectivity index (χ3n) is 5.55. The third kappa shape index (κ3) is 5.62. The minimum absolute atomic E-state index is 0.0427. The molecule has 9 nitrogen and oxygen atoms in total. The van der Waals surface area contributed by atoms with Crippen molar-refractivity contribution in [2.45, 2.75) is 19.9 Å². The van der Waals surface area contributed by atoms with Gasteiger partial charge in [-0.1, -0.05) is 23.8 Å². The fourth-order valence-corrected chi connectivity index (χ4v) is 3.65. The Morgan fingerprint density at radius 2 is 1.73 bits per heavy atom. The zero-order valence-electron chi connectivity index (χ0n) is 18.5. The molecule has 1 aliphatic rings. The summed E-state index contributed by atoms with van der Waals surface area (Å²) in [6.07, 6.45) is 1.90. The molecule has 0 unspecified atom stereocenters. The number of anilines is 2. The monoisotopic (exact) mass is 446 g/mol. The average Bonchev–Trinajstić information content (AvgIpc) is 2.85. The zero-order valence-corrected chi connectivity index (χ0v) is 18.5. The van der Waals surface area contributed by atoms with Crippen LogP contribution in [0.15, 0.2) is 65.6 Å². The number of piperazine rings is 1. The molecule has 170 valence electrons. The van der Waals surface area contributed by atoms with E-state index >= 15 is 0 Å². The molecule has 0 radical (unpaired) electrons. The van der Waals surface area contributed by atoms with E-state index in [0.717, 1.165) is 11.4 Å². The lowest BCUT2D eigenvalue weighted by Crippen LogP contribution is -2.49. The van der Waals surface area contributed by atoms with Crippen LogP contribution in [0.25, 0.3) is 0 Å². The molecule has 9 heteroatoms. The highest BCUT2D eigenvalue weighted by atomic mass is 16.2. The molecule has 0 atom stereocenters. The maximum Gasteiger partial charge on any atom is 0.276 e. The molecule has 0 bridgehead atoms. The number of aryl methyl sites for hydroxylation is 2. The van der Waals surface area contributed by atoms with Gasteiger partial charge in [0.05, 0.1) is 6.54 Å². The highest BCUT2D eigenvalue weighted by Gasteiger charge is 2.22. The zero-order chi connectivity index (χ0) is 23.2. The maximum absolute atomic E-state index is 12.7. The summed E-state index contributed by atoms with van der Waals surface area (Å²) in [4.78, 5) is 45.7. The summed E-state index contributed by atoms with van der Waals surface area (Å²) in [7, 11) is 0. The summed E-state index contributed by atoms with van der Waals surface area (Å²) in [6.45, 7) is 4.67. The van der Waals surface area contributed by atoms with Gasteiger partial charge in [0.15, 0.2) is 0 Å². The van der Waals surface area contributed by atoms with Gasteiger partial charge < -0.3 is 15.1 Å². The Hall–Kier alpha value is -4.01. The van der Waals surface area contributed by atoms with E-state index < -0.39 is 5.91 Å². The van der Waals surface area contributed by atoms with Gasteiger partial charge in [-0.15, -0.1) is 0 Å². The van der Waals surface area contributed by atoms with Gasteiger partial charge in [0.2, 0.25) is 5.91 Å². The lowest BCUT2D eigenvalue weighted by atomic mass is 10.2. The molecule has 3 aromatic rings. The van der Waals surface area contributed by atoms with Crippen molar-refractivity contribution >= 4 is 23.3 Å². The minimum atomic E-state index is -0.412. The first kappa shape index (κ1) is 22.2. The Morgan fingerprint density at radius 1 is 0.970 bits per heavy atom. The van der Waals surface area contributed by atoms with Gasteiger partial charge in [-0.25, -0.2) is 9.67 Å². The number of benzene rings is 1. The first-order chi connectivity index (χ1) is 16.0. The second-order valence-corrected chi connectivity index (χ2v) is 7.91. The number of amides is 2. The molecule has 1 aliphatic heterocycles. The van der Waals surface area contributed by atoms with Gasteiger partial charge in [-0.3, -0.25) is 14.4 Å². The number of aromatic nitrogens is 3. The lowest BCUT2D eigenvalue weighted by molar-refractivity contribution is -0.131. The largest absolute Gasteiger partial charge is 0.353 e. The summed E-state index contributed by atoms with van der Waals surface area (Å²) >= 11 is 0. The summed E-state index contributed by atoms with van der Waals surface area (Å²) < 4.78 is 1.17. The van der Waals surface area contributed by atoms with Crippen LogP contribution in [0.5, 0.6) is 0 Å². The Balaban J connectivity index is 1.32. The lowest BCUT2D eigenvalue weighted by Gasteiger charge is -2.35. The highest BCUT2D eigenvalue weighted by Crippen LogP contribution is 2.13. The van der Waals surface area contributed by atoms with Gasteiger partial charge in [0, 0.05) is 50.6 Å². The molecule has 1 saturated heterocycles. The number of nitrogens with one attached hydrogen (secondary N) is 1. The summed E-state index contributed by atoms with van der Waals surface area (Å²) in [5, 5.41) is 6.92. The summed E-state index contributed by atoms with van der Waals surface area (Å²) in [5.41, 5.74) is 1.49. The van der Waals surface area contributed by atoms with E-state index in [2.05, 4.69) is 20.3 Å². The number of carbonyl (C=O) groups is 2. The van der Waals surface area contributed by atoms with Crippen molar-refractivity contribution in [3.05, 3.63) is 82.4 Å². The van der Waals surface area contributed by atoms with Crippen molar-refractivity contribution in [3.63, 3.8) is 0 Å². The van der Waals surface area contributed by atoms with E-state index in [1.54, 1.807) is 23.2 Å². The Bertz CT molecular complexity index is 1170. The smallest absolute Gasteiger partial charge is 0.276 e. The SMILES string of the molecule is Cc1ccc(NC(=O)c2ccc(=O)n(CCC(=O)N3CCN(c4ccccn4)CC3)n2)cc1. The van der Waals surface area contributed by atoms with Gasteiger partial charge >= 0.3 is 0 Å². The molecule has 4 rings (SSSR count). The molecule has 0 saturated carbocycles. The van der Waals surface area contributed by atoms with Crippen LogP contribution in [0.3, 0.4) is 0 Å². The highest BCUT2D eigenvalue weighted by molar-refractivity contribution is 6.02. The van der Waals surface area contributed by atoms with Crippen LogP contribution in [-0.4, -0.2) is 57.7 Å². The maximum atomic E-state index is 12.7. The van der Waals surface area contributed by atoms with Crippen molar-refractivity contribution in [2.24, 2.45) is 0 Å². The Kier molecular flexibility index (Phi) is 6.77. The fourth-order valence-electron chi connectivity index (χ4n) is 3.65. The molecule has 1 N–H and O–H groups in total. The van der Waals surface area contributed by atoms with Crippen molar-refractivity contribution in [1.82, 2.24) is 19.7 Å². The van der Waals surface area contributed by atoms with Crippen molar-refractivity contribution in [2.75, 3.05) is 36.4 Å². The van der Waals surface area contributed by atoms with E-state index in [-0.39, 0.29) is 30.1 Å². The van der Waals surface area contributed by atoms with E-state index in [0.29, 0.717) is 31.9 Å². The first-order valence-corrected chi connectivity index (χ1v) is 10.9. The van der Waals surface area contributed by atoms with E-state index in [9.17, 15) is 14.4 Å². The molecule has 2 aromatic heterocycles. The van der Waals surface area contributed by atoms with Gasteiger partial charge in [0.25, 0.3) is 11.5 Å². The average molecular weight is 447 g/mol. The first-order valence-electron chi connectivity index (χ1n) is 10.9. The number of hydrogen-bond acceptors (Lipinski definition) is 6. The van der Waals surface area contributed by atoms with Crippen LogP contribution in [-0.2, 0) is 11.3 Å². The molecule has 1 fully saturated rings. The van der Waals surface area contributed by atoms with Crippen molar-refractivity contribution in [1.29, 1.82) is 0 Å². The van der Waals surface area contributed by atoms with Crippen LogP contribution in [0, 0.1) is 6.92 Å². The van der Waals surface area contributed by atoms with Gasteiger partial charge in [-0.2, -0.15) is 5.10 Å². The molecule has 2 amide bonds. The second-order valence-electron chi connectivity index (χ2n) is 7.91. The fraction of sp³-hybridized carbons (Fsp3) is 0.292. The van der Waals surface area contributed by atoms with Crippen LogP contribution in [0.2, 0.25) is 0 Å². The minimum Gasteiger partial charge on any atom is -0.353 e. The number of nitrogens with zero attached hydrogens (tertiary/aromatic N) is 5. The predicted molar refractivity (Wildman–Crippen MR) is 125 cm³/mol. The number of hydrogen-bond donors (Lipinski definition) is 1. The van der Waals surface area contributed by atoms with Crippen molar-refractivity contribution in [3.8, 4) is 0 Å². The molecule has 33 heavy (non-hydrogen) atoms. The predicted octanol–water partition coefficient (Wildman–Crippen LogP) is 1.94. The molecular weight excluding hydrogens is 420 g/mol.